The quantitative estimate of drug-likeness (QED) is 0.768. The molecule has 3 aliphatic rings. The van der Waals surface area contributed by atoms with E-state index in [9.17, 15) is 9.59 Å². The summed E-state index contributed by atoms with van der Waals surface area (Å²) in [6.07, 6.45) is 1.61. The van der Waals surface area contributed by atoms with E-state index >= 15 is 0 Å². The second kappa shape index (κ2) is 5.05. The molecule has 1 fully saturated rings. The maximum absolute atomic E-state index is 10.8. The first kappa shape index (κ1) is 11.7. The third-order valence-electron chi connectivity index (χ3n) is 2.17. The molecule has 0 N–H and O–H groups in total. The van der Waals surface area contributed by atoms with E-state index in [1.165, 1.54) is 4.90 Å². The highest BCUT2D eigenvalue weighted by Crippen LogP contribution is 2.32. The average molecular weight is 249 g/mol. The maximum Gasteiger partial charge on any atom is 0.290 e. The number of amides is 1. The van der Waals surface area contributed by atoms with Crippen molar-refractivity contribution in [3.8, 4) is 11.5 Å². The molecule has 5 heteroatoms. The number of fused-ring (bicyclic) bond motifs is 2. The molecule has 17 heavy (non-hydrogen) atoms. The molecular weight excluding hydrogens is 238 g/mol. The van der Waals surface area contributed by atoms with Crippen LogP contribution in [0.1, 0.15) is 0 Å². The number of ether oxygens (including phenoxy) is 1. The van der Waals surface area contributed by atoms with Gasteiger partial charge in [-0.25, -0.2) is 0 Å². The van der Waals surface area contributed by atoms with E-state index in [2.05, 4.69) is 6.58 Å². The molecule has 2 bridgehead atoms. The van der Waals surface area contributed by atoms with Crippen LogP contribution in [-0.2, 0) is 4.79 Å². The van der Waals surface area contributed by atoms with Gasteiger partial charge in [0.05, 0.1) is 6.54 Å². The van der Waals surface area contributed by atoms with Crippen molar-refractivity contribution >= 4 is 22.1 Å². The molecule has 0 spiro atoms. The summed E-state index contributed by atoms with van der Waals surface area (Å²) in [5, 5.41) is -0.239. The Morgan fingerprint density at radius 3 is 2.35 bits per heavy atom. The van der Waals surface area contributed by atoms with Crippen LogP contribution in [-0.4, -0.2) is 28.3 Å². The minimum Gasteiger partial charge on any atom is -0.457 e. The third-order valence-corrected chi connectivity index (χ3v) is 2.96. The van der Waals surface area contributed by atoms with Gasteiger partial charge in [-0.05, 0) is 12.1 Å². The van der Waals surface area contributed by atoms with Crippen molar-refractivity contribution in [1.29, 1.82) is 0 Å². The summed E-state index contributed by atoms with van der Waals surface area (Å²) < 4.78 is 5.01. The second-order valence-electron chi connectivity index (χ2n) is 3.49. The molecule has 1 aromatic rings. The summed E-state index contributed by atoms with van der Waals surface area (Å²) in [5.41, 5.74) is 0. The number of benzene rings is 1. The van der Waals surface area contributed by atoms with E-state index in [0.717, 1.165) is 23.3 Å². The Labute approximate surface area is 103 Å². The van der Waals surface area contributed by atoms with Crippen LogP contribution in [0.3, 0.4) is 0 Å². The third kappa shape index (κ3) is 2.88. The minimum atomic E-state index is -0.162. The molecule has 4 nitrogen and oxygen atoms in total. The number of hydrogen-bond acceptors (Lipinski definition) is 4. The highest BCUT2D eigenvalue weighted by atomic mass is 32.2. The molecule has 0 saturated carbocycles. The molecule has 1 saturated heterocycles. The van der Waals surface area contributed by atoms with Gasteiger partial charge in [-0.1, -0.05) is 12.1 Å². The van der Waals surface area contributed by atoms with Crippen LogP contribution in [0.2, 0.25) is 0 Å². The Morgan fingerprint density at radius 1 is 1.41 bits per heavy atom. The minimum absolute atomic E-state index is 0.0770. The highest BCUT2D eigenvalue weighted by molar-refractivity contribution is 8.26. The molecular formula is C12H11NO3S. The molecule has 4 rings (SSSR count). The maximum atomic E-state index is 10.8. The summed E-state index contributed by atoms with van der Waals surface area (Å²) in [6, 6.07) is 7.86. The molecule has 3 heterocycles. The van der Waals surface area contributed by atoms with E-state index < -0.39 is 0 Å². The standard InChI is InChI=1S/C6H7NO2S.C6H4O/c1-2-3-7-4-5(8)10-6(7)9;1-2-5-4-6(3-1)7-5/h2H,1,3-4H2;1-4H. The van der Waals surface area contributed by atoms with E-state index in [1.807, 2.05) is 24.3 Å². The van der Waals surface area contributed by atoms with Gasteiger partial charge in [-0.2, -0.15) is 0 Å². The number of thioether (sulfide) groups is 1. The first-order valence-electron chi connectivity index (χ1n) is 5.07. The highest BCUT2D eigenvalue weighted by Gasteiger charge is 2.27. The summed E-state index contributed by atoms with van der Waals surface area (Å²) >= 11 is 0.769. The fourth-order valence-corrected chi connectivity index (χ4v) is 2.07. The number of nitrogens with zero attached hydrogens (tertiary/aromatic N) is 1. The van der Waals surface area contributed by atoms with Crippen LogP contribution < -0.4 is 4.74 Å². The summed E-state index contributed by atoms with van der Waals surface area (Å²) in [5.74, 6) is 1.97. The van der Waals surface area contributed by atoms with Crippen LogP contribution in [0.15, 0.2) is 36.9 Å². The van der Waals surface area contributed by atoms with Gasteiger partial charge in [0.2, 0.25) is 5.12 Å². The van der Waals surface area contributed by atoms with Crippen molar-refractivity contribution in [3.05, 3.63) is 36.9 Å². The molecule has 0 unspecified atom stereocenters. The van der Waals surface area contributed by atoms with Gasteiger partial charge in [0.25, 0.3) is 5.24 Å². The second-order valence-corrected chi connectivity index (χ2v) is 4.49. The summed E-state index contributed by atoms with van der Waals surface area (Å²) in [4.78, 5) is 22.9. The zero-order valence-electron chi connectivity index (χ0n) is 9.09. The SMILES string of the molecule is C=CCN1CC(=O)SC1=O.c1cc2cc(c1)O2. The van der Waals surface area contributed by atoms with Crippen LogP contribution >= 0.6 is 11.8 Å². The monoisotopic (exact) mass is 249 g/mol. The van der Waals surface area contributed by atoms with E-state index in [4.69, 9.17) is 4.74 Å². The van der Waals surface area contributed by atoms with E-state index in [1.54, 1.807) is 6.08 Å². The Hall–Kier alpha value is -1.75. The fraction of sp³-hybridized carbons (Fsp3) is 0.167. The molecule has 0 aromatic heterocycles. The van der Waals surface area contributed by atoms with Gasteiger partial charge in [0.1, 0.15) is 11.5 Å². The van der Waals surface area contributed by atoms with Crippen LogP contribution in [0.5, 0.6) is 11.5 Å². The average Bonchev–Trinajstić information content (AvgIpc) is 2.59. The van der Waals surface area contributed by atoms with Gasteiger partial charge in [0.15, 0.2) is 0 Å². The Balaban J connectivity index is 0.000000134. The van der Waals surface area contributed by atoms with Crippen LogP contribution in [0, 0.1) is 0 Å². The van der Waals surface area contributed by atoms with Gasteiger partial charge in [-0.3, -0.25) is 9.59 Å². The smallest absolute Gasteiger partial charge is 0.290 e. The van der Waals surface area contributed by atoms with E-state index in [-0.39, 0.29) is 16.9 Å². The summed E-state index contributed by atoms with van der Waals surface area (Å²) in [6.45, 7) is 4.17. The van der Waals surface area contributed by atoms with Crippen LogP contribution in [0.25, 0.3) is 0 Å². The lowest BCUT2D eigenvalue weighted by molar-refractivity contribution is -0.110. The number of hydrogen-bond donors (Lipinski definition) is 0. The van der Waals surface area contributed by atoms with Crippen molar-refractivity contribution in [1.82, 2.24) is 4.90 Å². The molecule has 0 atom stereocenters. The first-order valence-corrected chi connectivity index (χ1v) is 5.89. The largest absolute Gasteiger partial charge is 0.457 e. The zero-order chi connectivity index (χ0) is 12.3. The van der Waals surface area contributed by atoms with Gasteiger partial charge >= 0.3 is 0 Å². The molecule has 0 aliphatic carbocycles. The normalized spacial score (nSPS) is 15.6. The van der Waals surface area contributed by atoms with Crippen molar-refractivity contribution in [2.24, 2.45) is 0 Å². The van der Waals surface area contributed by atoms with Crippen molar-refractivity contribution in [2.75, 3.05) is 13.1 Å². The molecule has 88 valence electrons. The predicted molar refractivity (Wildman–Crippen MR) is 66.3 cm³/mol. The lowest BCUT2D eigenvalue weighted by Crippen LogP contribution is -2.23. The Morgan fingerprint density at radius 2 is 2.06 bits per heavy atom. The number of rotatable bonds is 2. The molecule has 3 aliphatic heterocycles. The van der Waals surface area contributed by atoms with Crippen LogP contribution in [0.4, 0.5) is 4.79 Å². The van der Waals surface area contributed by atoms with Gasteiger partial charge < -0.3 is 9.64 Å². The number of carbonyl (C=O) groups excluding carboxylic acids is 2. The molecule has 0 radical (unpaired) electrons. The lowest BCUT2D eigenvalue weighted by Gasteiger charge is -2.13. The van der Waals surface area contributed by atoms with Gasteiger partial charge in [0, 0.05) is 24.4 Å². The topological polar surface area (TPSA) is 46.6 Å². The van der Waals surface area contributed by atoms with E-state index in [0.29, 0.717) is 6.54 Å². The first-order chi connectivity index (χ1) is 8.19. The predicted octanol–water partition coefficient (Wildman–Crippen LogP) is 2.66. The van der Waals surface area contributed by atoms with Gasteiger partial charge in [-0.15, -0.1) is 6.58 Å². The summed E-state index contributed by atoms with van der Waals surface area (Å²) in [7, 11) is 0. The zero-order valence-corrected chi connectivity index (χ0v) is 9.90. The Bertz CT molecular complexity index is 448. The van der Waals surface area contributed by atoms with Crippen molar-refractivity contribution < 1.29 is 14.3 Å². The molecule has 1 amide bonds. The number of carbonyl (C=O) groups is 2. The van der Waals surface area contributed by atoms with Crippen molar-refractivity contribution in [3.63, 3.8) is 0 Å². The Kier molecular flexibility index (Phi) is 3.49. The van der Waals surface area contributed by atoms with Crippen molar-refractivity contribution in [2.45, 2.75) is 0 Å². The lowest BCUT2D eigenvalue weighted by atomic mass is 10.2. The molecule has 1 aromatic carbocycles. The fourth-order valence-electron chi connectivity index (χ4n) is 1.39.